The maximum atomic E-state index is 12.4. The van der Waals surface area contributed by atoms with Crippen LogP contribution >= 0.6 is 11.6 Å². The van der Waals surface area contributed by atoms with E-state index < -0.39 is 0 Å². The first-order valence-electron chi connectivity index (χ1n) is 8.39. The van der Waals surface area contributed by atoms with Gasteiger partial charge in [0.25, 0.3) is 5.91 Å². The number of rotatable bonds is 6. The summed E-state index contributed by atoms with van der Waals surface area (Å²) in [6.45, 7) is 1.84. The quantitative estimate of drug-likeness (QED) is 0.638. The Labute approximate surface area is 167 Å². The number of anilines is 3. The van der Waals surface area contributed by atoms with E-state index in [0.29, 0.717) is 39.4 Å². The molecule has 2 aromatic carbocycles. The Morgan fingerprint density at radius 2 is 1.79 bits per heavy atom. The van der Waals surface area contributed by atoms with Crippen LogP contribution in [0.2, 0.25) is 5.02 Å². The zero-order valence-electron chi connectivity index (χ0n) is 15.6. The molecule has 0 aliphatic rings. The Bertz CT molecular complexity index is 993. The van der Waals surface area contributed by atoms with Crippen molar-refractivity contribution >= 4 is 34.8 Å². The van der Waals surface area contributed by atoms with Gasteiger partial charge in [0.1, 0.15) is 11.5 Å². The summed E-state index contributed by atoms with van der Waals surface area (Å²) < 4.78 is 10.5. The van der Waals surface area contributed by atoms with Gasteiger partial charge in [-0.15, -0.1) is 0 Å². The highest BCUT2D eigenvalue weighted by Crippen LogP contribution is 2.30. The van der Waals surface area contributed by atoms with Crippen molar-refractivity contribution in [1.29, 1.82) is 0 Å². The Hall–Kier alpha value is -3.32. The third-order valence-electron chi connectivity index (χ3n) is 4.09. The second kappa shape index (κ2) is 8.58. The summed E-state index contributed by atoms with van der Waals surface area (Å²) in [6.07, 6.45) is 2.89. The molecule has 1 aromatic heterocycles. The zero-order valence-corrected chi connectivity index (χ0v) is 16.4. The lowest BCUT2D eigenvalue weighted by Crippen LogP contribution is -2.14. The Kier molecular flexibility index (Phi) is 5.96. The molecule has 1 heterocycles. The van der Waals surface area contributed by atoms with Gasteiger partial charge in [-0.1, -0.05) is 17.7 Å². The van der Waals surface area contributed by atoms with Gasteiger partial charge in [-0.25, -0.2) is 9.97 Å². The molecule has 2 N–H and O–H groups in total. The predicted octanol–water partition coefficient (Wildman–Crippen LogP) is 4.45. The molecule has 8 heteroatoms. The van der Waals surface area contributed by atoms with Crippen LogP contribution in [0.3, 0.4) is 0 Å². The third kappa shape index (κ3) is 4.32. The lowest BCUT2D eigenvalue weighted by Gasteiger charge is -2.12. The van der Waals surface area contributed by atoms with Gasteiger partial charge in [0.2, 0.25) is 5.95 Å². The molecule has 0 unspecified atom stereocenters. The Morgan fingerprint density at radius 1 is 1.04 bits per heavy atom. The number of halogens is 1. The topological polar surface area (TPSA) is 85.4 Å². The van der Waals surface area contributed by atoms with Gasteiger partial charge < -0.3 is 20.1 Å². The van der Waals surface area contributed by atoms with Crippen LogP contribution in [0, 0.1) is 6.92 Å². The average Bonchev–Trinajstić information content (AvgIpc) is 2.72. The summed E-state index contributed by atoms with van der Waals surface area (Å²) in [4.78, 5) is 20.8. The number of nitrogens with one attached hydrogen (secondary N) is 2. The number of ether oxygens (including phenoxy) is 2. The number of aromatic nitrogens is 2. The number of methoxy groups -OCH3 is 2. The number of hydrogen-bond donors (Lipinski definition) is 2. The van der Waals surface area contributed by atoms with E-state index in [-0.39, 0.29) is 5.91 Å². The largest absolute Gasteiger partial charge is 0.497 e. The highest BCUT2D eigenvalue weighted by molar-refractivity contribution is 6.31. The lowest BCUT2D eigenvalue weighted by molar-refractivity contribution is 0.102. The van der Waals surface area contributed by atoms with E-state index in [1.165, 1.54) is 12.4 Å². The molecule has 0 bridgehead atoms. The maximum Gasteiger partial charge on any atom is 0.258 e. The summed E-state index contributed by atoms with van der Waals surface area (Å²) in [6, 6.07) is 10.7. The van der Waals surface area contributed by atoms with Crippen LogP contribution in [0.5, 0.6) is 11.5 Å². The molecule has 0 saturated carbocycles. The van der Waals surface area contributed by atoms with Crippen LogP contribution in [0.25, 0.3) is 0 Å². The molecule has 0 aliphatic heterocycles. The summed E-state index contributed by atoms with van der Waals surface area (Å²) in [5.41, 5.74) is 2.44. The number of carbonyl (C=O) groups is 1. The molecule has 0 atom stereocenters. The van der Waals surface area contributed by atoms with Gasteiger partial charge >= 0.3 is 0 Å². The van der Waals surface area contributed by atoms with Gasteiger partial charge in [0, 0.05) is 29.2 Å². The fourth-order valence-corrected chi connectivity index (χ4v) is 2.64. The van der Waals surface area contributed by atoms with Gasteiger partial charge in [-0.3, -0.25) is 4.79 Å². The minimum absolute atomic E-state index is 0.320. The van der Waals surface area contributed by atoms with Crippen molar-refractivity contribution < 1.29 is 14.3 Å². The minimum Gasteiger partial charge on any atom is -0.497 e. The molecule has 7 nitrogen and oxygen atoms in total. The van der Waals surface area contributed by atoms with E-state index >= 15 is 0 Å². The molecule has 0 aliphatic carbocycles. The van der Waals surface area contributed by atoms with Crippen LogP contribution in [0.15, 0.2) is 48.8 Å². The number of hydrogen-bond acceptors (Lipinski definition) is 6. The Balaban J connectivity index is 1.73. The number of carbonyl (C=O) groups excluding carboxylic acids is 1. The lowest BCUT2D eigenvalue weighted by atomic mass is 10.2. The summed E-state index contributed by atoms with van der Waals surface area (Å²) in [7, 11) is 3.14. The second-order valence-corrected chi connectivity index (χ2v) is 6.26. The summed E-state index contributed by atoms with van der Waals surface area (Å²) in [5, 5.41) is 6.45. The third-order valence-corrected chi connectivity index (χ3v) is 4.49. The van der Waals surface area contributed by atoms with E-state index in [2.05, 4.69) is 20.6 Å². The molecule has 0 spiro atoms. The smallest absolute Gasteiger partial charge is 0.258 e. The standard InChI is InChI=1S/C20H19ClN4O3/c1-12-15(21)5-4-6-16(12)24-19(26)13-10-22-20(23-11-13)25-17-8-7-14(27-2)9-18(17)28-3/h4-11H,1-3H3,(H,24,26)(H,22,23,25). The monoisotopic (exact) mass is 398 g/mol. The van der Waals surface area contributed by atoms with E-state index in [0.717, 1.165) is 5.56 Å². The van der Waals surface area contributed by atoms with Gasteiger partial charge in [-0.2, -0.15) is 0 Å². The fraction of sp³-hybridized carbons (Fsp3) is 0.150. The SMILES string of the molecule is COc1ccc(Nc2ncc(C(=O)Nc3cccc(Cl)c3C)cn2)c(OC)c1. The van der Waals surface area contributed by atoms with E-state index in [1.807, 2.05) is 6.92 Å². The maximum absolute atomic E-state index is 12.4. The van der Waals surface area contributed by atoms with Crippen LogP contribution < -0.4 is 20.1 Å². The molecule has 1 amide bonds. The molecular weight excluding hydrogens is 380 g/mol. The Morgan fingerprint density at radius 3 is 2.46 bits per heavy atom. The summed E-state index contributed by atoms with van der Waals surface area (Å²) in [5.74, 6) is 1.27. The van der Waals surface area contributed by atoms with E-state index in [9.17, 15) is 4.79 Å². The molecule has 0 saturated heterocycles. The number of nitrogens with zero attached hydrogens (tertiary/aromatic N) is 2. The molecule has 0 radical (unpaired) electrons. The molecule has 3 rings (SSSR count). The van der Waals surface area contributed by atoms with Crippen LogP contribution in [0.1, 0.15) is 15.9 Å². The zero-order chi connectivity index (χ0) is 20.1. The van der Waals surface area contributed by atoms with E-state index in [1.54, 1.807) is 50.6 Å². The number of amides is 1. The van der Waals surface area contributed by atoms with Crippen molar-refractivity contribution in [3.8, 4) is 11.5 Å². The molecule has 144 valence electrons. The van der Waals surface area contributed by atoms with E-state index in [4.69, 9.17) is 21.1 Å². The van der Waals surface area contributed by atoms with Gasteiger partial charge in [0.15, 0.2) is 0 Å². The molecule has 0 fully saturated rings. The first-order valence-corrected chi connectivity index (χ1v) is 8.77. The minimum atomic E-state index is -0.320. The molecule has 3 aromatic rings. The molecule has 28 heavy (non-hydrogen) atoms. The second-order valence-electron chi connectivity index (χ2n) is 5.85. The van der Waals surface area contributed by atoms with Crippen molar-refractivity contribution in [2.45, 2.75) is 6.92 Å². The van der Waals surface area contributed by atoms with Crippen molar-refractivity contribution in [1.82, 2.24) is 9.97 Å². The molecular formula is C20H19ClN4O3. The van der Waals surface area contributed by atoms with Crippen LogP contribution in [0.4, 0.5) is 17.3 Å². The van der Waals surface area contributed by atoms with Crippen molar-refractivity contribution in [2.75, 3.05) is 24.9 Å². The highest BCUT2D eigenvalue weighted by Gasteiger charge is 2.11. The van der Waals surface area contributed by atoms with Crippen molar-refractivity contribution in [2.24, 2.45) is 0 Å². The highest BCUT2D eigenvalue weighted by atomic mass is 35.5. The van der Waals surface area contributed by atoms with Crippen molar-refractivity contribution in [3.63, 3.8) is 0 Å². The van der Waals surface area contributed by atoms with Crippen molar-refractivity contribution in [3.05, 3.63) is 64.9 Å². The van der Waals surface area contributed by atoms with Crippen LogP contribution in [-0.4, -0.2) is 30.1 Å². The van der Waals surface area contributed by atoms with Crippen LogP contribution in [-0.2, 0) is 0 Å². The van der Waals surface area contributed by atoms with Gasteiger partial charge in [0.05, 0.1) is 25.5 Å². The number of benzene rings is 2. The average molecular weight is 399 g/mol. The first kappa shape index (κ1) is 19.4. The fourth-order valence-electron chi connectivity index (χ4n) is 2.47. The normalized spacial score (nSPS) is 10.3. The van der Waals surface area contributed by atoms with Gasteiger partial charge in [-0.05, 0) is 36.8 Å². The summed E-state index contributed by atoms with van der Waals surface area (Å²) >= 11 is 6.08. The predicted molar refractivity (Wildman–Crippen MR) is 109 cm³/mol. The first-order chi connectivity index (χ1) is 13.5.